The first-order valence-corrected chi connectivity index (χ1v) is 5.35. The van der Waals surface area contributed by atoms with Gasteiger partial charge in [0.1, 0.15) is 0 Å². The third-order valence-corrected chi connectivity index (χ3v) is 2.48. The van der Waals surface area contributed by atoms with Crippen LogP contribution in [0.1, 0.15) is 19.8 Å². The second-order valence-electron chi connectivity index (χ2n) is 3.72. The summed E-state index contributed by atoms with van der Waals surface area (Å²) in [5.74, 6) is 0.758. The van der Waals surface area contributed by atoms with Crippen LogP contribution in [0.5, 0.6) is 6.01 Å². The van der Waals surface area contributed by atoms with E-state index in [2.05, 4.69) is 20.1 Å². The van der Waals surface area contributed by atoms with Crippen LogP contribution in [0.4, 0.5) is 5.95 Å². The fraction of sp³-hybridized carbons (Fsp3) is 0.778. The lowest BCUT2D eigenvalue weighted by atomic mass is 10.1. The molecule has 0 radical (unpaired) electrons. The molecule has 15 heavy (non-hydrogen) atoms. The minimum Gasteiger partial charge on any atom is -0.463 e. The van der Waals surface area contributed by atoms with Gasteiger partial charge < -0.3 is 15.4 Å². The number of hydrogen-bond acceptors (Lipinski definition) is 5. The third-order valence-electron chi connectivity index (χ3n) is 2.48. The van der Waals surface area contributed by atoms with Gasteiger partial charge in [-0.15, -0.1) is 5.10 Å². The molecule has 0 amide bonds. The van der Waals surface area contributed by atoms with Gasteiger partial charge in [-0.1, -0.05) is 0 Å². The standard InChI is InChI=1S/C9H17N5O/c1-2-15-9-11-8(12-13-9)14-5-3-4-7(10)6-14/h7H,2-6,10H2,1H3,(H,11,12,13). The van der Waals surface area contributed by atoms with Crippen molar-refractivity contribution >= 4 is 5.95 Å². The third kappa shape index (κ3) is 2.38. The zero-order chi connectivity index (χ0) is 10.7. The minimum atomic E-state index is 0.236. The van der Waals surface area contributed by atoms with Gasteiger partial charge in [0.2, 0.25) is 5.95 Å². The molecule has 3 N–H and O–H groups in total. The van der Waals surface area contributed by atoms with E-state index in [1.807, 2.05) is 6.92 Å². The molecule has 84 valence electrons. The predicted octanol–water partition coefficient (Wildman–Crippen LogP) is 0.131. The maximum Gasteiger partial charge on any atom is 0.337 e. The number of aromatic nitrogens is 3. The summed E-state index contributed by atoms with van der Waals surface area (Å²) in [6, 6.07) is 0.644. The lowest BCUT2D eigenvalue weighted by molar-refractivity contribution is 0.314. The fourth-order valence-corrected chi connectivity index (χ4v) is 1.78. The number of hydrogen-bond donors (Lipinski definition) is 2. The Labute approximate surface area is 88.8 Å². The first-order chi connectivity index (χ1) is 7.29. The van der Waals surface area contributed by atoms with Crippen LogP contribution in [-0.2, 0) is 0 Å². The van der Waals surface area contributed by atoms with Crippen molar-refractivity contribution in [2.75, 3.05) is 24.6 Å². The molecule has 1 saturated heterocycles. The molecule has 1 aliphatic heterocycles. The Hall–Kier alpha value is -1.30. The van der Waals surface area contributed by atoms with Crippen molar-refractivity contribution in [3.63, 3.8) is 0 Å². The molecule has 1 aliphatic rings. The van der Waals surface area contributed by atoms with Crippen molar-refractivity contribution in [2.45, 2.75) is 25.8 Å². The first-order valence-electron chi connectivity index (χ1n) is 5.35. The normalized spacial score (nSPS) is 21.7. The van der Waals surface area contributed by atoms with Crippen molar-refractivity contribution in [2.24, 2.45) is 5.73 Å². The van der Waals surface area contributed by atoms with Crippen LogP contribution in [0, 0.1) is 0 Å². The monoisotopic (exact) mass is 211 g/mol. The van der Waals surface area contributed by atoms with Crippen LogP contribution in [0.2, 0.25) is 0 Å². The largest absolute Gasteiger partial charge is 0.463 e. The molecule has 0 bridgehead atoms. The number of nitrogens with two attached hydrogens (primary N) is 1. The number of aromatic amines is 1. The summed E-state index contributed by atoms with van der Waals surface area (Å²) in [4.78, 5) is 6.35. The van der Waals surface area contributed by atoms with E-state index >= 15 is 0 Å². The highest BCUT2D eigenvalue weighted by atomic mass is 16.5. The van der Waals surface area contributed by atoms with E-state index in [1.54, 1.807) is 0 Å². The van der Waals surface area contributed by atoms with Crippen molar-refractivity contribution < 1.29 is 4.74 Å². The maximum atomic E-state index is 5.89. The highest BCUT2D eigenvalue weighted by Gasteiger charge is 2.19. The molecule has 1 unspecified atom stereocenters. The van der Waals surface area contributed by atoms with Gasteiger partial charge in [0, 0.05) is 19.1 Å². The number of anilines is 1. The molecule has 0 aromatic carbocycles. The first kappa shape index (κ1) is 10.2. The van der Waals surface area contributed by atoms with E-state index in [1.165, 1.54) is 0 Å². The van der Waals surface area contributed by atoms with E-state index < -0.39 is 0 Å². The highest BCUT2D eigenvalue weighted by Crippen LogP contribution is 2.16. The summed E-state index contributed by atoms with van der Waals surface area (Å²) in [5, 5.41) is 6.83. The molecule has 1 atom stereocenters. The molecule has 2 rings (SSSR count). The fourth-order valence-electron chi connectivity index (χ4n) is 1.78. The molecule has 0 saturated carbocycles. The lowest BCUT2D eigenvalue weighted by Crippen LogP contribution is -2.43. The smallest absolute Gasteiger partial charge is 0.337 e. The number of nitrogens with zero attached hydrogens (tertiary/aromatic N) is 3. The topological polar surface area (TPSA) is 80.1 Å². The Morgan fingerprint density at radius 2 is 2.53 bits per heavy atom. The average molecular weight is 211 g/mol. The highest BCUT2D eigenvalue weighted by molar-refractivity contribution is 5.30. The Balaban J connectivity index is 2.01. The summed E-state index contributed by atoms with van der Waals surface area (Å²) in [5.41, 5.74) is 5.89. The quantitative estimate of drug-likeness (QED) is 0.743. The number of nitrogens with one attached hydrogen (secondary N) is 1. The van der Waals surface area contributed by atoms with Gasteiger partial charge in [0.05, 0.1) is 6.61 Å². The molecular weight excluding hydrogens is 194 g/mol. The van der Waals surface area contributed by atoms with E-state index in [-0.39, 0.29) is 6.04 Å². The van der Waals surface area contributed by atoms with Gasteiger partial charge in [0.15, 0.2) is 0 Å². The van der Waals surface area contributed by atoms with Crippen LogP contribution in [0.25, 0.3) is 0 Å². The molecular formula is C9H17N5O. The van der Waals surface area contributed by atoms with Crippen molar-refractivity contribution in [1.82, 2.24) is 15.2 Å². The maximum absolute atomic E-state index is 5.89. The number of rotatable bonds is 3. The molecule has 6 heteroatoms. The summed E-state index contributed by atoms with van der Waals surface area (Å²) >= 11 is 0. The Bertz CT molecular complexity index is 313. The molecule has 1 fully saturated rings. The second kappa shape index (κ2) is 4.48. The number of H-pyrrole nitrogens is 1. The van der Waals surface area contributed by atoms with Gasteiger partial charge in [-0.3, -0.25) is 0 Å². The van der Waals surface area contributed by atoms with E-state index in [0.717, 1.165) is 31.9 Å². The van der Waals surface area contributed by atoms with Crippen LogP contribution in [-0.4, -0.2) is 40.9 Å². The molecule has 6 nitrogen and oxygen atoms in total. The molecule has 1 aromatic rings. The Morgan fingerprint density at radius 1 is 1.67 bits per heavy atom. The zero-order valence-electron chi connectivity index (χ0n) is 8.94. The van der Waals surface area contributed by atoms with E-state index in [9.17, 15) is 0 Å². The van der Waals surface area contributed by atoms with Crippen molar-refractivity contribution in [3.05, 3.63) is 0 Å². The van der Waals surface area contributed by atoms with Crippen LogP contribution >= 0.6 is 0 Å². The summed E-state index contributed by atoms with van der Waals surface area (Å²) in [7, 11) is 0. The Kier molecular flexibility index (Phi) is 3.05. The van der Waals surface area contributed by atoms with E-state index in [0.29, 0.717) is 12.6 Å². The Morgan fingerprint density at radius 3 is 3.27 bits per heavy atom. The second-order valence-corrected chi connectivity index (χ2v) is 3.72. The minimum absolute atomic E-state index is 0.236. The number of ether oxygens (including phenoxy) is 1. The molecule has 0 aliphatic carbocycles. The SMILES string of the molecule is CCOc1n[nH]c(N2CCCC(N)C2)n1. The molecule has 1 aromatic heterocycles. The van der Waals surface area contributed by atoms with Gasteiger partial charge in [-0.25, -0.2) is 5.10 Å². The number of piperidine rings is 1. The van der Waals surface area contributed by atoms with Gasteiger partial charge in [-0.2, -0.15) is 4.98 Å². The van der Waals surface area contributed by atoms with E-state index in [4.69, 9.17) is 10.5 Å². The average Bonchev–Trinajstić information content (AvgIpc) is 2.67. The van der Waals surface area contributed by atoms with Crippen molar-refractivity contribution in [3.8, 4) is 6.01 Å². The van der Waals surface area contributed by atoms with Crippen LogP contribution < -0.4 is 15.4 Å². The van der Waals surface area contributed by atoms with Crippen LogP contribution in [0.15, 0.2) is 0 Å². The molecule has 2 heterocycles. The molecule has 0 spiro atoms. The summed E-state index contributed by atoms with van der Waals surface area (Å²) in [6.45, 7) is 4.30. The zero-order valence-corrected chi connectivity index (χ0v) is 8.94. The summed E-state index contributed by atoms with van der Waals surface area (Å²) < 4.78 is 5.19. The predicted molar refractivity (Wildman–Crippen MR) is 57.0 cm³/mol. The van der Waals surface area contributed by atoms with Crippen LogP contribution in [0.3, 0.4) is 0 Å². The lowest BCUT2D eigenvalue weighted by Gasteiger charge is -2.29. The van der Waals surface area contributed by atoms with Crippen molar-refractivity contribution in [1.29, 1.82) is 0 Å². The summed E-state index contributed by atoms with van der Waals surface area (Å²) in [6.07, 6.45) is 2.19. The van der Waals surface area contributed by atoms with Gasteiger partial charge in [-0.05, 0) is 19.8 Å². The van der Waals surface area contributed by atoms with Gasteiger partial charge >= 0.3 is 6.01 Å². The van der Waals surface area contributed by atoms with Gasteiger partial charge in [0.25, 0.3) is 0 Å².